The molecule has 0 aromatic heterocycles. The van der Waals surface area contributed by atoms with E-state index in [9.17, 15) is 4.79 Å². The molecule has 1 fully saturated rings. The smallest absolute Gasteiger partial charge is 0.254 e. The lowest BCUT2D eigenvalue weighted by Gasteiger charge is -2.35. The van der Waals surface area contributed by atoms with Gasteiger partial charge in [-0.25, -0.2) is 0 Å². The standard InChI is InChI=1S/C22H28N2O3/c1-16-7-5-6-8-18(16)15-23-9-11-24(12-10-23)22(25)19-13-20(26-3)17(2)21(14-19)27-4/h5-8,13-14H,9-12,15H2,1-4H3. The van der Waals surface area contributed by atoms with Gasteiger partial charge in [-0.2, -0.15) is 0 Å². The van der Waals surface area contributed by atoms with Crippen LogP contribution in [-0.2, 0) is 6.54 Å². The lowest BCUT2D eigenvalue weighted by Crippen LogP contribution is -2.48. The summed E-state index contributed by atoms with van der Waals surface area (Å²) < 4.78 is 10.8. The molecule has 1 aliphatic heterocycles. The molecule has 1 heterocycles. The van der Waals surface area contributed by atoms with E-state index in [1.165, 1.54) is 11.1 Å². The molecule has 0 unspecified atom stereocenters. The molecule has 0 saturated carbocycles. The van der Waals surface area contributed by atoms with E-state index in [0.29, 0.717) is 17.1 Å². The molecule has 0 spiro atoms. The molecule has 0 radical (unpaired) electrons. The molecular weight excluding hydrogens is 340 g/mol. The van der Waals surface area contributed by atoms with E-state index in [-0.39, 0.29) is 5.91 Å². The molecular formula is C22H28N2O3. The summed E-state index contributed by atoms with van der Waals surface area (Å²) in [4.78, 5) is 17.3. The number of methoxy groups -OCH3 is 2. The highest BCUT2D eigenvalue weighted by molar-refractivity contribution is 5.95. The van der Waals surface area contributed by atoms with Crippen LogP contribution >= 0.6 is 0 Å². The van der Waals surface area contributed by atoms with Crippen molar-refractivity contribution in [3.05, 3.63) is 58.7 Å². The first kappa shape index (κ1) is 19.2. The minimum Gasteiger partial charge on any atom is -0.496 e. The Morgan fingerprint density at radius 2 is 1.56 bits per heavy atom. The molecule has 0 atom stereocenters. The van der Waals surface area contributed by atoms with Crippen molar-refractivity contribution >= 4 is 5.91 Å². The van der Waals surface area contributed by atoms with Gasteiger partial charge in [-0.1, -0.05) is 24.3 Å². The fraction of sp³-hybridized carbons (Fsp3) is 0.409. The molecule has 1 amide bonds. The van der Waals surface area contributed by atoms with Crippen molar-refractivity contribution in [2.45, 2.75) is 20.4 Å². The van der Waals surface area contributed by atoms with E-state index in [1.54, 1.807) is 26.4 Å². The van der Waals surface area contributed by atoms with E-state index in [2.05, 4.69) is 36.1 Å². The number of rotatable bonds is 5. The van der Waals surface area contributed by atoms with Crippen LogP contribution in [0, 0.1) is 13.8 Å². The van der Waals surface area contributed by atoms with Gasteiger partial charge in [0, 0.05) is 43.9 Å². The van der Waals surface area contributed by atoms with E-state index in [1.807, 2.05) is 11.8 Å². The lowest BCUT2D eigenvalue weighted by atomic mass is 10.1. The first-order valence-electron chi connectivity index (χ1n) is 9.32. The third-order valence-corrected chi connectivity index (χ3v) is 5.31. The van der Waals surface area contributed by atoms with Gasteiger partial charge in [-0.05, 0) is 37.1 Å². The van der Waals surface area contributed by atoms with Gasteiger partial charge < -0.3 is 14.4 Å². The Hall–Kier alpha value is -2.53. The summed E-state index contributed by atoms with van der Waals surface area (Å²) in [7, 11) is 3.22. The van der Waals surface area contributed by atoms with Crippen LogP contribution in [0.5, 0.6) is 11.5 Å². The predicted molar refractivity (Wildman–Crippen MR) is 107 cm³/mol. The quantitative estimate of drug-likeness (QED) is 0.812. The van der Waals surface area contributed by atoms with Crippen molar-refractivity contribution in [3.8, 4) is 11.5 Å². The Labute approximate surface area is 161 Å². The second kappa shape index (κ2) is 8.44. The van der Waals surface area contributed by atoms with E-state index in [0.717, 1.165) is 38.3 Å². The number of carbonyl (C=O) groups excluding carboxylic acids is 1. The Kier molecular flexibility index (Phi) is 6.01. The number of hydrogen-bond donors (Lipinski definition) is 0. The number of ether oxygens (including phenoxy) is 2. The number of amides is 1. The van der Waals surface area contributed by atoms with E-state index < -0.39 is 0 Å². The van der Waals surface area contributed by atoms with Crippen LogP contribution in [0.15, 0.2) is 36.4 Å². The first-order valence-corrected chi connectivity index (χ1v) is 9.32. The van der Waals surface area contributed by atoms with Crippen LogP contribution in [-0.4, -0.2) is 56.1 Å². The minimum absolute atomic E-state index is 0.0298. The van der Waals surface area contributed by atoms with Crippen LogP contribution in [0.2, 0.25) is 0 Å². The van der Waals surface area contributed by atoms with Crippen molar-refractivity contribution < 1.29 is 14.3 Å². The van der Waals surface area contributed by atoms with Crippen molar-refractivity contribution in [2.75, 3.05) is 40.4 Å². The summed E-state index contributed by atoms with van der Waals surface area (Å²) in [6, 6.07) is 12.1. The van der Waals surface area contributed by atoms with Crippen LogP contribution in [0.1, 0.15) is 27.0 Å². The number of piperazine rings is 1. The lowest BCUT2D eigenvalue weighted by molar-refractivity contribution is 0.0627. The van der Waals surface area contributed by atoms with Gasteiger partial charge in [0.05, 0.1) is 14.2 Å². The molecule has 0 aliphatic carbocycles. The maximum Gasteiger partial charge on any atom is 0.254 e. The molecule has 144 valence electrons. The van der Waals surface area contributed by atoms with Crippen LogP contribution in [0.25, 0.3) is 0 Å². The number of carbonyl (C=O) groups is 1. The Balaban J connectivity index is 1.66. The van der Waals surface area contributed by atoms with Gasteiger partial charge in [-0.15, -0.1) is 0 Å². The van der Waals surface area contributed by atoms with E-state index >= 15 is 0 Å². The summed E-state index contributed by atoms with van der Waals surface area (Å²) >= 11 is 0. The average Bonchev–Trinajstić information content (AvgIpc) is 2.70. The maximum absolute atomic E-state index is 13.0. The SMILES string of the molecule is COc1cc(C(=O)N2CCN(Cc3ccccc3C)CC2)cc(OC)c1C. The fourth-order valence-electron chi connectivity index (χ4n) is 3.53. The Morgan fingerprint density at radius 1 is 0.963 bits per heavy atom. The minimum atomic E-state index is 0.0298. The average molecular weight is 368 g/mol. The van der Waals surface area contributed by atoms with Crippen LogP contribution in [0.4, 0.5) is 0 Å². The summed E-state index contributed by atoms with van der Waals surface area (Å²) in [5.41, 5.74) is 4.18. The fourth-order valence-corrected chi connectivity index (χ4v) is 3.53. The highest BCUT2D eigenvalue weighted by Gasteiger charge is 2.24. The number of nitrogens with zero attached hydrogens (tertiary/aromatic N) is 2. The van der Waals surface area contributed by atoms with Gasteiger partial charge in [0.15, 0.2) is 0 Å². The molecule has 0 N–H and O–H groups in total. The first-order chi connectivity index (χ1) is 13.0. The summed E-state index contributed by atoms with van der Waals surface area (Å²) in [6.07, 6.45) is 0. The van der Waals surface area contributed by atoms with Crippen molar-refractivity contribution in [1.82, 2.24) is 9.80 Å². The molecule has 5 heteroatoms. The van der Waals surface area contributed by atoms with Gasteiger partial charge in [-0.3, -0.25) is 9.69 Å². The normalized spacial score (nSPS) is 14.9. The monoisotopic (exact) mass is 368 g/mol. The zero-order valence-electron chi connectivity index (χ0n) is 16.6. The topological polar surface area (TPSA) is 42.0 Å². The molecule has 1 aliphatic rings. The molecule has 2 aromatic rings. The molecule has 2 aromatic carbocycles. The van der Waals surface area contributed by atoms with Crippen LogP contribution < -0.4 is 9.47 Å². The van der Waals surface area contributed by atoms with Crippen molar-refractivity contribution in [2.24, 2.45) is 0 Å². The van der Waals surface area contributed by atoms with Crippen LogP contribution in [0.3, 0.4) is 0 Å². The third-order valence-electron chi connectivity index (χ3n) is 5.31. The molecule has 3 rings (SSSR count). The summed E-state index contributed by atoms with van der Waals surface area (Å²) in [6.45, 7) is 8.21. The number of hydrogen-bond acceptors (Lipinski definition) is 4. The molecule has 5 nitrogen and oxygen atoms in total. The zero-order valence-corrected chi connectivity index (χ0v) is 16.6. The second-order valence-electron chi connectivity index (χ2n) is 7.00. The summed E-state index contributed by atoms with van der Waals surface area (Å²) in [5, 5.41) is 0. The molecule has 0 bridgehead atoms. The Bertz CT molecular complexity index is 786. The highest BCUT2D eigenvalue weighted by atomic mass is 16.5. The summed E-state index contributed by atoms with van der Waals surface area (Å²) in [5.74, 6) is 1.38. The Morgan fingerprint density at radius 3 is 2.11 bits per heavy atom. The molecule has 1 saturated heterocycles. The van der Waals surface area contributed by atoms with Gasteiger partial charge in [0.25, 0.3) is 5.91 Å². The van der Waals surface area contributed by atoms with Gasteiger partial charge in [0.1, 0.15) is 11.5 Å². The van der Waals surface area contributed by atoms with Crippen molar-refractivity contribution in [3.63, 3.8) is 0 Å². The zero-order chi connectivity index (χ0) is 19.4. The predicted octanol–water partition coefficient (Wildman–Crippen LogP) is 3.28. The van der Waals surface area contributed by atoms with Crippen molar-refractivity contribution in [1.29, 1.82) is 0 Å². The van der Waals surface area contributed by atoms with E-state index in [4.69, 9.17) is 9.47 Å². The maximum atomic E-state index is 13.0. The molecule has 27 heavy (non-hydrogen) atoms. The third kappa shape index (κ3) is 4.25. The van der Waals surface area contributed by atoms with Gasteiger partial charge >= 0.3 is 0 Å². The number of benzene rings is 2. The highest BCUT2D eigenvalue weighted by Crippen LogP contribution is 2.30. The largest absolute Gasteiger partial charge is 0.496 e. The second-order valence-corrected chi connectivity index (χ2v) is 7.00. The van der Waals surface area contributed by atoms with Gasteiger partial charge in [0.2, 0.25) is 0 Å². The number of aryl methyl sites for hydroxylation is 1.